The molecular weight excluding hydrogens is 266 g/mol. The Morgan fingerprint density at radius 3 is 2.57 bits per heavy atom. The molecule has 1 aromatic heterocycles. The van der Waals surface area contributed by atoms with Gasteiger partial charge in [0.05, 0.1) is 11.1 Å². The normalized spacial score (nSPS) is 15.5. The Balaban J connectivity index is 1.92. The van der Waals surface area contributed by atoms with E-state index in [4.69, 9.17) is 4.52 Å². The highest BCUT2D eigenvalue weighted by molar-refractivity contribution is 5.87. The van der Waals surface area contributed by atoms with Crippen LogP contribution in [0.15, 0.2) is 4.52 Å². The molecule has 1 heterocycles. The van der Waals surface area contributed by atoms with Crippen LogP contribution in [0.1, 0.15) is 50.6 Å². The summed E-state index contributed by atoms with van der Waals surface area (Å²) in [5, 5.41) is 7.02. The fourth-order valence-electron chi connectivity index (χ4n) is 3.06. The van der Waals surface area contributed by atoms with E-state index >= 15 is 0 Å². The molecule has 5 nitrogen and oxygen atoms in total. The number of hydrogen-bond acceptors (Lipinski definition) is 4. The molecule has 0 saturated heterocycles. The summed E-state index contributed by atoms with van der Waals surface area (Å²) in [6.07, 6.45) is 2.60. The minimum Gasteiger partial charge on any atom is -0.361 e. The summed E-state index contributed by atoms with van der Waals surface area (Å²) >= 11 is 0. The highest BCUT2D eigenvalue weighted by atomic mass is 16.5. The van der Waals surface area contributed by atoms with Gasteiger partial charge in [-0.2, -0.15) is 0 Å². The van der Waals surface area contributed by atoms with E-state index in [0.717, 1.165) is 36.1 Å². The molecule has 0 bridgehead atoms. The third kappa shape index (κ3) is 3.46. The standard InChI is InChI=1S/C16H27N3O2/c1-6-19(13-7-8-13)10-9-17-15(20)16(4,5)14-11(2)18-21-12(14)3/h13H,6-10H2,1-5H3,(H,17,20). The second kappa shape index (κ2) is 6.18. The first-order valence-electron chi connectivity index (χ1n) is 7.83. The van der Waals surface area contributed by atoms with Gasteiger partial charge in [0.25, 0.3) is 0 Å². The molecule has 1 fully saturated rings. The lowest BCUT2D eigenvalue weighted by Gasteiger charge is -2.25. The van der Waals surface area contributed by atoms with Crippen LogP contribution in [-0.2, 0) is 10.2 Å². The molecule has 0 aromatic carbocycles. The third-order valence-electron chi connectivity index (χ3n) is 4.38. The van der Waals surface area contributed by atoms with E-state index in [1.807, 2.05) is 27.7 Å². The van der Waals surface area contributed by atoms with Crippen molar-refractivity contribution in [3.8, 4) is 0 Å². The zero-order chi connectivity index (χ0) is 15.6. The zero-order valence-electron chi connectivity index (χ0n) is 13.8. The van der Waals surface area contributed by atoms with Gasteiger partial charge >= 0.3 is 0 Å². The summed E-state index contributed by atoms with van der Waals surface area (Å²) in [6, 6.07) is 0.738. The maximum Gasteiger partial charge on any atom is 0.230 e. The maximum atomic E-state index is 12.5. The number of nitrogens with one attached hydrogen (secondary N) is 1. The lowest BCUT2D eigenvalue weighted by Crippen LogP contribution is -2.44. The van der Waals surface area contributed by atoms with Gasteiger partial charge in [-0.3, -0.25) is 9.69 Å². The lowest BCUT2D eigenvalue weighted by atomic mass is 9.82. The van der Waals surface area contributed by atoms with E-state index in [1.165, 1.54) is 12.8 Å². The minimum atomic E-state index is -0.620. The SMILES string of the molecule is CCN(CCNC(=O)C(C)(C)c1c(C)noc1C)C1CC1. The number of aromatic nitrogens is 1. The van der Waals surface area contributed by atoms with Crippen LogP contribution < -0.4 is 5.32 Å². The van der Waals surface area contributed by atoms with Crippen LogP contribution in [0, 0.1) is 13.8 Å². The fourth-order valence-corrected chi connectivity index (χ4v) is 3.06. The van der Waals surface area contributed by atoms with Crippen molar-refractivity contribution in [2.24, 2.45) is 0 Å². The van der Waals surface area contributed by atoms with Gasteiger partial charge < -0.3 is 9.84 Å². The molecule has 0 aliphatic heterocycles. The van der Waals surface area contributed by atoms with Gasteiger partial charge in [-0.05, 0) is 47.1 Å². The molecule has 1 saturated carbocycles. The van der Waals surface area contributed by atoms with Crippen LogP contribution in [0.25, 0.3) is 0 Å². The predicted molar refractivity (Wildman–Crippen MR) is 82.3 cm³/mol. The molecule has 1 N–H and O–H groups in total. The van der Waals surface area contributed by atoms with Gasteiger partial charge in [0, 0.05) is 24.7 Å². The molecule has 0 radical (unpaired) electrons. The molecular formula is C16H27N3O2. The lowest BCUT2D eigenvalue weighted by molar-refractivity contribution is -0.125. The number of amides is 1. The Morgan fingerprint density at radius 1 is 1.43 bits per heavy atom. The van der Waals surface area contributed by atoms with Crippen LogP contribution in [0.3, 0.4) is 0 Å². The molecule has 0 atom stereocenters. The molecule has 118 valence electrons. The van der Waals surface area contributed by atoms with E-state index in [1.54, 1.807) is 0 Å². The third-order valence-corrected chi connectivity index (χ3v) is 4.38. The summed E-state index contributed by atoms with van der Waals surface area (Å²) in [5.74, 6) is 0.754. The molecule has 1 aromatic rings. The second-order valence-corrected chi connectivity index (χ2v) is 6.44. The van der Waals surface area contributed by atoms with Crippen LogP contribution in [-0.4, -0.2) is 41.6 Å². The number of nitrogens with zero attached hydrogens (tertiary/aromatic N) is 2. The van der Waals surface area contributed by atoms with Crippen LogP contribution in [0.5, 0.6) is 0 Å². The van der Waals surface area contributed by atoms with Crippen molar-refractivity contribution in [1.82, 2.24) is 15.4 Å². The summed E-state index contributed by atoms with van der Waals surface area (Å²) in [5.41, 5.74) is 1.07. The molecule has 2 rings (SSSR count). The van der Waals surface area contributed by atoms with E-state index in [9.17, 15) is 4.79 Å². The highest BCUT2D eigenvalue weighted by Gasteiger charge is 2.35. The van der Waals surface area contributed by atoms with E-state index < -0.39 is 5.41 Å². The van der Waals surface area contributed by atoms with Gasteiger partial charge in [-0.15, -0.1) is 0 Å². The molecule has 1 aliphatic carbocycles. The van der Waals surface area contributed by atoms with E-state index in [0.29, 0.717) is 6.54 Å². The van der Waals surface area contributed by atoms with Crippen molar-refractivity contribution < 1.29 is 9.32 Å². The average molecular weight is 293 g/mol. The number of rotatable bonds is 7. The van der Waals surface area contributed by atoms with Crippen molar-refractivity contribution in [1.29, 1.82) is 0 Å². The largest absolute Gasteiger partial charge is 0.361 e. The summed E-state index contributed by atoms with van der Waals surface area (Å²) in [4.78, 5) is 15.0. The van der Waals surface area contributed by atoms with Crippen molar-refractivity contribution in [3.05, 3.63) is 17.0 Å². The van der Waals surface area contributed by atoms with E-state index in [2.05, 4.69) is 22.3 Å². The van der Waals surface area contributed by atoms with Gasteiger partial charge in [0.2, 0.25) is 5.91 Å². The minimum absolute atomic E-state index is 0.0313. The Labute approximate surface area is 127 Å². The number of aryl methyl sites for hydroxylation is 2. The van der Waals surface area contributed by atoms with Crippen LogP contribution in [0.2, 0.25) is 0 Å². The van der Waals surface area contributed by atoms with Gasteiger partial charge in [-0.25, -0.2) is 0 Å². The molecule has 0 spiro atoms. The maximum absolute atomic E-state index is 12.5. The number of carbonyl (C=O) groups excluding carboxylic acids is 1. The Morgan fingerprint density at radius 2 is 2.10 bits per heavy atom. The van der Waals surface area contributed by atoms with Crippen molar-refractivity contribution in [3.63, 3.8) is 0 Å². The molecule has 0 unspecified atom stereocenters. The topological polar surface area (TPSA) is 58.4 Å². The Bertz CT molecular complexity index is 484. The van der Waals surface area contributed by atoms with Crippen molar-refractivity contribution in [2.75, 3.05) is 19.6 Å². The van der Waals surface area contributed by atoms with Crippen LogP contribution >= 0.6 is 0 Å². The molecule has 1 amide bonds. The van der Waals surface area contributed by atoms with Crippen LogP contribution in [0.4, 0.5) is 0 Å². The predicted octanol–water partition coefficient (Wildman–Crippen LogP) is 2.17. The number of likely N-dealkylation sites (N-methyl/N-ethyl adjacent to an activating group) is 1. The first-order valence-corrected chi connectivity index (χ1v) is 7.83. The van der Waals surface area contributed by atoms with Crippen molar-refractivity contribution in [2.45, 2.75) is 58.9 Å². The highest BCUT2D eigenvalue weighted by Crippen LogP contribution is 2.29. The second-order valence-electron chi connectivity index (χ2n) is 6.44. The van der Waals surface area contributed by atoms with Crippen molar-refractivity contribution >= 4 is 5.91 Å². The molecule has 21 heavy (non-hydrogen) atoms. The van der Waals surface area contributed by atoms with Gasteiger partial charge in [0.15, 0.2) is 0 Å². The fraction of sp³-hybridized carbons (Fsp3) is 0.750. The summed E-state index contributed by atoms with van der Waals surface area (Å²) in [7, 11) is 0. The van der Waals surface area contributed by atoms with Gasteiger partial charge in [-0.1, -0.05) is 12.1 Å². The smallest absolute Gasteiger partial charge is 0.230 e. The number of carbonyl (C=O) groups is 1. The molecule has 5 heteroatoms. The first kappa shape index (κ1) is 16.0. The van der Waals surface area contributed by atoms with E-state index in [-0.39, 0.29) is 5.91 Å². The van der Waals surface area contributed by atoms with Gasteiger partial charge in [0.1, 0.15) is 5.76 Å². The first-order chi connectivity index (χ1) is 9.87. The summed E-state index contributed by atoms with van der Waals surface area (Å²) < 4.78 is 5.19. The quantitative estimate of drug-likeness (QED) is 0.837. The zero-order valence-corrected chi connectivity index (χ0v) is 13.8. The Kier molecular flexibility index (Phi) is 4.71. The Hall–Kier alpha value is -1.36. The molecule has 1 aliphatic rings. The number of hydrogen-bond donors (Lipinski definition) is 1. The monoisotopic (exact) mass is 293 g/mol. The summed E-state index contributed by atoms with van der Waals surface area (Å²) in [6.45, 7) is 12.4. The average Bonchev–Trinajstić information content (AvgIpc) is 3.20.